The van der Waals surface area contributed by atoms with E-state index in [2.05, 4.69) is 48.2 Å². The number of hydrogen-bond acceptors (Lipinski definition) is 8. The quantitative estimate of drug-likeness (QED) is 0.427. The molecule has 41 heavy (non-hydrogen) atoms. The lowest BCUT2D eigenvalue weighted by atomic mass is 9.97. The van der Waals surface area contributed by atoms with Gasteiger partial charge in [-0.05, 0) is 61.7 Å². The number of anilines is 1. The van der Waals surface area contributed by atoms with E-state index in [1.165, 1.54) is 12.1 Å². The van der Waals surface area contributed by atoms with Crippen molar-refractivity contribution in [1.29, 1.82) is 5.26 Å². The number of piperazine rings is 1. The molecule has 0 bridgehead atoms. The van der Waals surface area contributed by atoms with Gasteiger partial charge < -0.3 is 19.4 Å². The summed E-state index contributed by atoms with van der Waals surface area (Å²) < 4.78 is 20.4. The van der Waals surface area contributed by atoms with Crippen molar-refractivity contribution in [3.05, 3.63) is 59.1 Å². The van der Waals surface area contributed by atoms with Crippen LogP contribution in [0, 0.1) is 17.1 Å². The Bertz CT molecular complexity index is 1330. The minimum Gasteiger partial charge on any atom is -0.462 e. The number of halogens is 1. The summed E-state index contributed by atoms with van der Waals surface area (Å²) in [7, 11) is 2.12. The number of carbonyl (C=O) groups is 1. The highest BCUT2D eigenvalue weighted by atomic mass is 19.1. The van der Waals surface area contributed by atoms with Gasteiger partial charge in [0.2, 0.25) is 5.91 Å². The van der Waals surface area contributed by atoms with E-state index in [0.29, 0.717) is 57.9 Å². The van der Waals surface area contributed by atoms with Crippen LogP contribution >= 0.6 is 0 Å². The van der Waals surface area contributed by atoms with Crippen LogP contribution in [0.4, 0.5) is 10.2 Å². The molecule has 2 saturated heterocycles. The monoisotopic (exact) mass is 561 g/mol. The number of nitriles is 1. The Kier molecular flexibility index (Phi) is 8.85. The number of carbonyl (C=O) groups excluding carboxylic acids is 1. The summed E-state index contributed by atoms with van der Waals surface area (Å²) >= 11 is 0. The zero-order valence-electron chi connectivity index (χ0n) is 24.4. The number of hydrogen-bond donors (Lipinski definition) is 0. The van der Waals surface area contributed by atoms with Crippen LogP contribution in [0.5, 0.6) is 6.01 Å². The number of nitrogens with zero attached hydrogens (tertiary/aromatic N) is 7. The van der Waals surface area contributed by atoms with Gasteiger partial charge in [0.25, 0.3) is 0 Å². The summed E-state index contributed by atoms with van der Waals surface area (Å²) in [6.07, 6.45) is 3.78. The second-order valence-electron chi connectivity index (χ2n) is 11.7. The zero-order chi connectivity index (χ0) is 29.1. The Hall–Kier alpha value is -3.55. The predicted octanol–water partition coefficient (Wildman–Crippen LogP) is 3.84. The largest absolute Gasteiger partial charge is 0.462 e. The first-order chi connectivity index (χ1) is 19.8. The Morgan fingerprint density at radius 2 is 2.07 bits per heavy atom. The van der Waals surface area contributed by atoms with Gasteiger partial charge in [-0.3, -0.25) is 9.69 Å². The summed E-state index contributed by atoms with van der Waals surface area (Å²) in [5.41, 5.74) is 4.06. The topological polar surface area (TPSA) is 88.8 Å². The molecule has 3 aliphatic heterocycles. The third-order valence-corrected chi connectivity index (χ3v) is 8.57. The van der Waals surface area contributed by atoms with Gasteiger partial charge in [0.1, 0.15) is 18.2 Å². The van der Waals surface area contributed by atoms with Crippen LogP contribution in [-0.2, 0) is 24.4 Å². The summed E-state index contributed by atoms with van der Waals surface area (Å²) in [5.74, 6) is 0.685. The molecule has 4 heterocycles. The van der Waals surface area contributed by atoms with E-state index in [9.17, 15) is 14.4 Å². The molecule has 1 aromatic carbocycles. The molecule has 10 heteroatoms. The lowest BCUT2D eigenvalue weighted by Crippen LogP contribution is -2.55. The first-order valence-electron chi connectivity index (χ1n) is 14.6. The lowest BCUT2D eigenvalue weighted by molar-refractivity contribution is -0.128. The summed E-state index contributed by atoms with van der Waals surface area (Å²) in [4.78, 5) is 30.7. The van der Waals surface area contributed by atoms with E-state index < -0.39 is 0 Å². The standard InChI is InChI=1S/C31H40FN7O2/c1-5-29(40)39-14-13-38(17-24(39)10-11-33)30-27-18-37(16-22-15-23(32)8-9-26(22)21(2)3)19-28(27)34-31(35-30)41-20-25-7-6-12-36(25)4/h5,8-9,15,21,24-25H,1,6-7,10,12-14,16-20H2,2-4H3/t24-,25-/m0/s1. The van der Waals surface area contributed by atoms with Crippen LogP contribution < -0.4 is 9.64 Å². The number of ether oxygens (including phenoxy) is 1. The summed E-state index contributed by atoms with van der Waals surface area (Å²) in [6, 6.07) is 7.72. The third kappa shape index (κ3) is 6.36. The van der Waals surface area contributed by atoms with Crippen LogP contribution in [0.3, 0.4) is 0 Å². The van der Waals surface area contributed by atoms with E-state index in [1.54, 1.807) is 11.0 Å². The minimum absolute atomic E-state index is 0.162. The average molecular weight is 562 g/mol. The Morgan fingerprint density at radius 1 is 1.24 bits per heavy atom. The number of benzene rings is 1. The Morgan fingerprint density at radius 3 is 2.78 bits per heavy atom. The van der Waals surface area contributed by atoms with Crippen molar-refractivity contribution < 1.29 is 13.9 Å². The highest BCUT2D eigenvalue weighted by Gasteiger charge is 2.34. The highest BCUT2D eigenvalue weighted by Crippen LogP contribution is 2.34. The van der Waals surface area contributed by atoms with Gasteiger partial charge in [0.15, 0.2) is 0 Å². The maximum atomic E-state index is 14.2. The molecular weight excluding hydrogens is 521 g/mol. The zero-order valence-corrected chi connectivity index (χ0v) is 24.4. The molecular formula is C31H40FN7O2. The molecule has 0 radical (unpaired) electrons. The summed E-state index contributed by atoms with van der Waals surface area (Å²) in [6.45, 7) is 12.8. The smallest absolute Gasteiger partial charge is 0.318 e. The van der Waals surface area contributed by atoms with Crippen LogP contribution in [0.15, 0.2) is 30.9 Å². The van der Waals surface area contributed by atoms with E-state index >= 15 is 0 Å². The SMILES string of the molecule is C=CC(=O)N1CCN(c2nc(OC[C@@H]3CCCN3C)nc3c2CN(Cc2cc(F)ccc2C(C)C)C3)C[C@@H]1CC#N. The first kappa shape index (κ1) is 29.0. The van der Waals surface area contributed by atoms with E-state index in [-0.39, 0.29) is 30.1 Å². The van der Waals surface area contributed by atoms with E-state index in [4.69, 9.17) is 14.7 Å². The molecule has 5 rings (SSSR count). The molecule has 1 amide bonds. The molecule has 2 fully saturated rings. The van der Waals surface area contributed by atoms with Crippen molar-refractivity contribution in [1.82, 2.24) is 24.7 Å². The van der Waals surface area contributed by atoms with Crippen molar-refractivity contribution in [2.45, 2.75) is 70.7 Å². The van der Waals surface area contributed by atoms with Crippen molar-refractivity contribution in [3.63, 3.8) is 0 Å². The van der Waals surface area contributed by atoms with Gasteiger partial charge in [-0.15, -0.1) is 0 Å². The van der Waals surface area contributed by atoms with Crippen molar-refractivity contribution in [2.24, 2.45) is 0 Å². The molecule has 1 aromatic heterocycles. The van der Waals surface area contributed by atoms with Gasteiger partial charge in [0.05, 0.1) is 24.2 Å². The van der Waals surface area contributed by atoms with Gasteiger partial charge in [-0.25, -0.2) is 4.39 Å². The minimum atomic E-state index is -0.264. The molecule has 218 valence electrons. The number of likely N-dealkylation sites (N-methyl/N-ethyl adjacent to an activating group) is 1. The van der Waals surface area contributed by atoms with Crippen LogP contribution in [0.2, 0.25) is 0 Å². The molecule has 0 spiro atoms. The third-order valence-electron chi connectivity index (χ3n) is 8.57. The lowest BCUT2D eigenvalue weighted by Gasteiger charge is -2.41. The number of likely N-dealkylation sites (tertiary alicyclic amines) is 1. The maximum absolute atomic E-state index is 14.2. The molecule has 0 N–H and O–H groups in total. The average Bonchev–Trinajstić information content (AvgIpc) is 3.55. The summed E-state index contributed by atoms with van der Waals surface area (Å²) in [5, 5.41) is 9.48. The second kappa shape index (κ2) is 12.5. The van der Waals surface area contributed by atoms with Gasteiger partial charge in [-0.2, -0.15) is 15.2 Å². The number of aromatic nitrogens is 2. The Balaban J connectivity index is 1.42. The van der Waals surface area contributed by atoms with Crippen LogP contribution in [0.1, 0.15) is 61.4 Å². The number of fused-ring (bicyclic) bond motifs is 1. The van der Waals surface area contributed by atoms with Crippen molar-refractivity contribution in [2.75, 3.05) is 44.7 Å². The molecule has 9 nitrogen and oxygen atoms in total. The molecule has 0 saturated carbocycles. The highest BCUT2D eigenvalue weighted by molar-refractivity contribution is 5.87. The fourth-order valence-corrected chi connectivity index (χ4v) is 6.33. The fourth-order valence-electron chi connectivity index (χ4n) is 6.33. The predicted molar refractivity (Wildman–Crippen MR) is 155 cm³/mol. The molecule has 0 unspecified atom stereocenters. The van der Waals surface area contributed by atoms with Gasteiger partial charge in [-0.1, -0.05) is 26.5 Å². The van der Waals surface area contributed by atoms with Crippen molar-refractivity contribution in [3.8, 4) is 12.1 Å². The first-order valence-corrected chi connectivity index (χ1v) is 14.6. The molecule has 2 atom stereocenters. The second-order valence-corrected chi connectivity index (χ2v) is 11.7. The normalized spacial score (nSPS) is 21.3. The molecule has 0 aliphatic carbocycles. The van der Waals surface area contributed by atoms with Crippen LogP contribution in [-0.4, -0.2) is 82.5 Å². The maximum Gasteiger partial charge on any atom is 0.318 e. The fraction of sp³-hybridized carbons (Fsp3) is 0.548. The number of amides is 1. The van der Waals surface area contributed by atoms with Gasteiger partial charge in [0, 0.05) is 50.9 Å². The molecule has 3 aliphatic rings. The number of rotatable bonds is 9. The van der Waals surface area contributed by atoms with E-state index in [0.717, 1.165) is 47.6 Å². The Labute approximate surface area is 242 Å². The van der Waals surface area contributed by atoms with Crippen molar-refractivity contribution >= 4 is 11.7 Å². The molecule has 2 aromatic rings. The van der Waals surface area contributed by atoms with Gasteiger partial charge >= 0.3 is 6.01 Å². The van der Waals surface area contributed by atoms with Crippen LogP contribution in [0.25, 0.3) is 0 Å². The van der Waals surface area contributed by atoms with E-state index in [1.807, 2.05) is 6.07 Å².